The topological polar surface area (TPSA) is 12.0 Å². The Kier molecular flexibility index (Phi) is 2.30. The Labute approximate surface area is 83.2 Å². The molecule has 13 heavy (non-hydrogen) atoms. The highest BCUT2D eigenvalue weighted by molar-refractivity contribution is 6.26. The van der Waals surface area contributed by atoms with E-state index in [1.807, 2.05) is 0 Å². The molecule has 1 heterocycles. The summed E-state index contributed by atoms with van der Waals surface area (Å²) in [6, 6.07) is 0. The van der Waals surface area contributed by atoms with Gasteiger partial charge in [0.15, 0.2) is 0 Å². The van der Waals surface area contributed by atoms with Gasteiger partial charge in [-0.05, 0) is 0 Å². The molecule has 2 atom stereocenters. The van der Waals surface area contributed by atoms with Crippen molar-refractivity contribution < 1.29 is 17.6 Å². The quantitative estimate of drug-likeness (QED) is 0.503. The van der Waals surface area contributed by atoms with Crippen LogP contribution in [0.25, 0.3) is 0 Å². The normalized spacial score (nSPS) is 44.5. The molecule has 0 aromatic heterocycles. The zero-order chi connectivity index (χ0) is 9.20. The lowest BCUT2D eigenvalue weighted by molar-refractivity contribution is -0.326. The molecule has 0 bridgehead atoms. The summed E-state index contributed by atoms with van der Waals surface area (Å²) in [7, 11) is 0. The molecule has 0 spiro atoms. The van der Waals surface area contributed by atoms with Crippen LogP contribution in [0, 0.1) is 5.92 Å². The summed E-state index contributed by atoms with van der Waals surface area (Å²) < 4.78 is 50.8. The molecule has 0 radical (unpaired) electrons. The average Bonchev–Trinajstić information content (AvgIpc) is 2.31. The fourth-order valence-corrected chi connectivity index (χ4v) is 2.28. The van der Waals surface area contributed by atoms with E-state index in [1.165, 1.54) is 0 Å². The second-order valence-electron chi connectivity index (χ2n) is 3.24. The SMILES string of the molecule is Cl.FC1(F)[C@@H]2CNC[C@]2(Cl)C1(F)F. The lowest BCUT2D eigenvalue weighted by atomic mass is 9.67. The summed E-state index contributed by atoms with van der Waals surface area (Å²) >= 11 is 5.39. The van der Waals surface area contributed by atoms with Crippen molar-refractivity contribution in [1.29, 1.82) is 0 Å². The van der Waals surface area contributed by atoms with E-state index in [2.05, 4.69) is 5.32 Å². The largest absolute Gasteiger partial charge is 0.331 e. The van der Waals surface area contributed by atoms with Crippen LogP contribution in [0.4, 0.5) is 17.6 Å². The first-order valence-electron chi connectivity index (χ1n) is 3.49. The van der Waals surface area contributed by atoms with Crippen LogP contribution >= 0.6 is 24.0 Å². The maximum Gasteiger partial charge on any atom is 0.331 e. The number of hydrogen-bond donors (Lipinski definition) is 1. The van der Waals surface area contributed by atoms with Crippen molar-refractivity contribution >= 4 is 24.0 Å². The second kappa shape index (κ2) is 2.64. The number of halogens is 6. The summed E-state index contributed by atoms with van der Waals surface area (Å²) in [5.41, 5.74) is 0. The first kappa shape index (κ1) is 11.3. The highest BCUT2D eigenvalue weighted by Gasteiger charge is 2.87. The van der Waals surface area contributed by atoms with Crippen molar-refractivity contribution in [2.45, 2.75) is 16.7 Å². The minimum absolute atomic E-state index is 0. The maximum absolute atomic E-state index is 12.7. The Morgan fingerprint density at radius 1 is 1.23 bits per heavy atom. The van der Waals surface area contributed by atoms with Crippen molar-refractivity contribution in [2.24, 2.45) is 5.92 Å². The number of alkyl halides is 5. The van der Waals surface area contributed by atoms with E-state index in [0.29, 0.717) is 0 Å². The number of hydrogen-bond acceptors (Lipinski definition) is 1. The molecule has 0 aromatic rings. The third-order valence-electron chi connectivity index (χ3n) is 2.66. The van der Waals surface area contributed by atoms with E-state index in [-0.39, 0.29) is 25.5 Å². The zero-order valence-corrected chi connectivity index (χ0v) is 7.86. The van der Waals surface area contributed by atoms with Crippen LogP contribution in [0.15, 0.2) is 0 Å². The first-order valence-corrected chi connectivity index (χ1v) is 3.87. The maximum atomic E-state index is 12.7. The summed E-state index contributed by atoms with van der Waals surface area (Å²) in [5.74, 6) is -9.45. The monoisotopic (exact) mass is 239 g/mol. The summed E-state index contributed by atoms with van der Waals surface area (Å²) in [6.07, 6.45) is 0. The Morgan fingerprint density at radius 3 is 2.23 bits per heavy atom. The Hall–Kier alpha value is 0.260. The lowest BCUT2D eigenvalue weighted by Gasteiger charge is -2.52. The van der Waals surface area contributed by atoms with Gasteiger partial charge in [-0.25, -0.2) is 0 Å². The molecule has 7 heteroatoms. The van der Waals surface area contributed by atoms with Gasteiger partial charge in [-0.15, -0.1) is 24.0 Å². The molecule has 2 aliphatic rings. The van der Waals surface area contributed by atoms with E-state index >= 15 is 0 Å². The van der Waals surface area contributed by atoms with Gasteiger partial charge in [0.1, 0.15) is 4.87 Å². The van der Waals surface area contributed by atoms with Gasteiger partial charge in [0.05, 0.1) is 5.92 Å². The molecule has 2 fully saturated rings. The molecule has 0 unspecified atom stereocenters. The van der Waals surface area contributed by atoms with Crippen LogP contribution < -0.4 is 5.32 Å². The van der Waals surface area contributed by atoms with E-state index in [4.69, 9.17) is 11.6 Å². The van der Waals surface area contributed by atoms with Gasteiger partial charge in [0.25, 0.3) is 0 Å². The fourth-order valence-electron chi connectivity index (χ4n) is 1.85. The number of rotatable bonds is 0. The van der Waals surface area contributed by atoms with Crippen LogP contribution in [0.3, 0.4) is 0 Å². The Morgan fingerprint density at radius 2 is 1.77 bits per heavy atom. The number of fused-ring (bicyclic) bond motifs is 1. The lowest BCUT2D eigenvalue weighted by Crippen LogP contribution is -2.75. The summed E-state index contributed by atoms with van der Waals surface area (Å²) in [6.45, 7) is -0.381. The van der Waals surface area contributed by atoms with Crippen molar-refractivity contribution in [2.75, 3.05) is 13.1 Å². The third-order valence-corrected chi connectivity index (χ3v) is 3.30. The Balaban J connectivity index is 0.000000845. The van der Waals surface area contributed by atoms with Gasteiger partial charge >= 0.3 is 11.8 Å². The van der Waals surface area contributed by atoms with Gasteiger partial charge < -0.3 is 5.32 Å². The van der Waals surface area contributed by atoms with Gasteiger partial charge in [0.2, 0.25) is 0 Å². The average molecular weight is 240 g/mol. The molecule has 1 saturated heterocycles. The molecule has 1 aliphatic carbocycles. The highest BCUT2D eigenvalue weighted by Crippen LogP contribution is 2.66. The summed E-state index contributed by atoms with van der Waals surface area (Å²) in [4.78, 5) is -2.06. The van der Waals surface area contributed by atoms with Crippen molar-refractivity contribution in [3.05, 3.63) is 0 Å². The van der Waals surface area contributed by atoms with E-state index in [9.17, 15) is 17.6 Å². The van der Waals surface area contributed by atoms with Gasteiger partial charge in [-0.3, -0.25) is 0 Å². The van der Waals surface area contributed by atoms with Crippen LogP contribution in [0.2, 0.25) is 0 Å². The van der Waals surface area contributed by atoms with Crippen LogP contribution in [-0.2, 0) is 0 Å². The molecule has 1 saturated carbocycles. The Bertz CT molecular complexity index is 232. The van der Waals surface area contributed by atoms with Crippen LogP contribution in [0.1, 0.15) is 0 Å². The molecule has 0 amide bonds. The van der Waals surface area contributed by atoms with Crippen molar-refractivity contribution in [3.8, 4) is 0 Å². The van der Waals surface area contributed by atoms with Gasteiger partial charge in [-0.2, -0.15) is 17.6 Å². The molecular weight excluding hydrogens is 233 g/mol. The first-order chi connectivity index (χ1) is 5.34. The standard InChI is InChI=1S/C6H6ClF4N.ClH/c7-4-2-12-1-3(4)5(8,9)6(4,10)11;/h3,12H,1-2H2;1H/t3-,4-;/m1./s1. The zero-order valence-electron chi connectivity index (χ0n) is 6.29. The predicted molar refractivity (Wildman–Crippen MR) is 42.1 cm³/mol. The highest BCUT2D eigenvalue weighted by atomic mass is 35.5. The number of nitrogens with one attached hydrogen (secondary N) is 1. The van der Waals surface area contributed by atoms with Crippen molar-refractivity contribution in [3.63, 3.8) is 0 Å². The van der Waals surface area contributed by atoms with Crippen LogP contribution in [-0.4, -0.2) is 29.8 Å². The molecule has 1 aliphatic heterocycles. The predicted octanol–water partition coefficient (Wildman–Crippen LogP) is 1.89. The molecular formula is C6H7Cl2F4N. The smallest absolute Gasteiger partial charge is 0.314 e. The minimum Gasteiger partial charge on any atom is -0.314 e. The van der Waals surface area contributed by atoms with Gasteiger partial charge in [-0.1, -0.05) is 0 Å². The van der Waals surface area contributed by atoms with Gasteiger partial charge in [0, 0.05) is 13.1 Å². The van der Waals surface area contributed by atoms with Crippen LogP contribution in [0.5, 0.6) is 0 Å². The van der Waals surface area contributed by atoms with Crippen molar-refractivity contribution in [1.82, 2.24) is 5.32 Å². The fraction of sp³-hybridized carbons (Fsp3) is 1.00. The molecule has 0 aromatic carbocycles. The van der Waals surface area contributed by atoms with E-state index in [1.54, 1.807) is 0 Å². The van der Waals surface area contributed by atoms with E-state index in [0.717, 1.165) is 0 Å². The molecule has 1 N–H and O–H groups in total. The summed E-state index contributed by atoms with van der Waals surface area (Å²) in [5, 5.41) is 2.44. The molecule has 1 nitrogen and oxygen atoms in total. The minimum atomic E-state index is -4.07. The molecule has 78 valence electrons. The van der Waals surface area contributed by atoms with E-state index < -0.39 is 22.6 Å². The molecule has 2 rings (SSSR count). The third kappa shape index (κ3) is 0.930. The second-order valence-corrected chi connectivity index (χ2v) is 3.92.